The molecule has 0 bridgehead atoms. The lowest BCUT2D eigenvalue weighted by atomic mass is 10.1. The molecule has 0 saturated heterocycles. The van der Waals surface area contributed by atoms with Crippen LogP contribution < -0.4 is 0 Å². The van der Waals surface area contributed by atoms with E-state index < -0.39 is 6.10 Å². The highest BCUT2D eigenvalue weighted by molar-refractivity contribution is 5.70. The third-order valence-corrected chi connectivity index (χ3v) is 10.9. The van der Waals surface area contributed by atoms with Gasteiger partial charge in [0.15, 0.2) is 6.10 Å². The topological polar surface area (TPSA) is 61.8 Å². The Bertz CT molecular complexity index is 1160. The first-order valence-corrected chi connectivity index (χ1v) is 26.1. The van der Waals surface area contributed by atoms with Gasteiger partial charge in [0.1, 0.15) is 6.61 Å². The van der Waals surface area contributed by atoms with Gasteiger partial charge in [-0.2, -0.15) is 0 Å². The van der Waals surface area contributed by atoms with Gasteiger partial charge in [0.2, 0.25) is 0 Å². The lowest BCUT2D eigenvalue weighted by Gasteiger charge is -2.18. The van der Waals surface area contributed by atoms with Crippen LogP contribution in [0.1, 0.15) is 239 Å². The molecule has 62 heavy (non-hydrogen) atoms. The zero-order chi connectivity index (χ0) is 44.9. The summed E-state index contributed by atoms with van der Waals surface area (Å²) in [7, 11) is 0. The van der Waals surface area contributed by atoms with Crippen molar-refractivity contribution >= 4 is 11.9 Å². The summed E-state index contributed by atoms with van der Waals surface area (Å²) >= 11 is 0. The van der Waals surface area contributed by atoms with Crippen molar-refractivity contribution in [2.45, 2.75) is 245 Å². The number of unbranched alkanes of at least 4 members (excludes halogenated alkanes) is 22. The maximum absolute atomic E-state index is 12.7. The van der Waals surface area contributed by atoms with Gasteiger partial charge in [-0.1, -0.05) is 215 Å². The number of hydrogen-bond donors (Lipinski definition) is 0. The van der Waals surface area contributed by atoms with Crippen LogP contribution in [0.25, 0.3) is 0 Å². The lowest BCUT2D eigenvalue weighted by Crippen LogP contribution is -2.30. The Morgan fingerprint density at radius 3 is 1.31 bits per heavy atom. The first kappa shape index (κ1) is 59.1. The second-order valence-electron chi connectivity index (χ2n) is 17.0. The maximum atomic E-state index is 12.7. The first-order chi connectivity index (χ1) is 30.6. The van der Waals surface area contributed by atoms with E-state index in [2.05, 4.69) is 99.8 Å². The molecule has 1 unspecified atom stereocenters. The summed E-state index contributed by atoms with van der Waals surface area (Å²) in [4.78, 5) is 25.4. The van der Waals surface area contributed by atoms with Crippen molar-refractivity contribution in [3.63, 3.8) is 0 Å². The van der Waals surface area contributed by atoms with E-state index >= 15 is 0 Å². The van der Waals surface area contributed by atoms with Crippen LogP contribution >= 0.6 is 0 Å². The Morgan fingerprint density at radius 2 is 0.790 bits per heavy atom. The van der Waals surface area contributed by atoms with Crippen molar-refractivity contribution in [2.24, 2.45) is 0 Å². The van der Waals surface area contributed by atoms with Crippen LogP contribution in [0.2, 0.25) is 0 Å². The average molecular weight is 863 g/mol. The molecular weight excluding hydrogens is 765 g/mol. The Balaban J connectivity index is 4.32. The monoisotopic (exact) mass is 863 g/mol. The zero-order valence-electron chi connectivity index (χ0n) is 40.9. The number of esters is 2. The summed E-state index contributed by atoms with van der Waals surface area (Å²) in [6.07, 6.45) is 68.9. The quantitative estimate of drug-likeness (QED) is 0.0346. The second-order valence-corrected chi connectivity index (χ2v) is 17.0. The largest absolute Gasteiger partial charge is 0.462 e. The third-order valence-electron chi connectivity index (χ3n) is 10.9. The zero-order valence-corrected chi connectivity index (χ0v) is 40.9. The number of rotatable bonds is 47. The van der Waals surface area contributed by atoms with E-state index in [1.165, 1.54) is 128 Å². The van der Waals surface area contributed by atoms with Gasteiger partial charge in [-0.15, -0.1) is 0 Å². The third kappa shape index (κ3) is 49.7. The molecule has 0 aliphatic heterocycles. The maximum Gasteiger partial charge on any atom is 0.306 e. The summed E-state index contributed by atoms with van der Waals surface area (Å²) in [6.45, 7) is 7.55. The standard InChI is InChI=1S/C57H98O5/c1-4-7-10-13-16-19-22-25-27-28-29-30-31-33-35-38-41-44-47-50-56(58)61-54-55(53-60-52-49-46-43-40-37-34-26-23-20-17-14-11-8-5-2)62-57(59)51-48-45-42-39-36-32-24-21-18-15-12-9-6-3/h9,11-12,14,18,20-21,23,25,27,32,36,42,45,55H,4-8,10,13,15-17,19,22,24,26,28-31,33-35,37-41,43-44,46-54H2,1-3H3/b12-9-,14-11-,21-18-,23-20-,27-25-,36-32-,45-42-. The number of ether oxygens (including phenoxy) is 3. The Hall–Kier alpha value is -2.92. The predicted octanol–water partition coefficient (Wildman–Crippen LogP) is 17.7. The molecule has 0 spiro atoms. The Labute approximate surface area is 384 Å². The fourth-order valence-corrected chi connectivity index (χ4v) is 7.03. The van der Waals surface area contributed by atoms with E-state index in [1.807, 2.05) is 6.08 Å². The fourth-order valence-electron chi connectivity index (χ4n) is 7.03. The van der Waals surface area contributed by atoms with Crippen molar-refractivity contribution in [1.82, 2.24) is 0 Å². The van der Waals surface area contributed by atoms with Gasteiger partial charge in [0.05, 0.1) is 6.61 Å². The van der Waals surface area contributed by atoms with Crippen LogP contribution in [0.4, 0.5) is 0 Å². The Kier molecular flexibility index (Phi) is 50.0. The molecule has 0 aromatic heterocycles. The minimum absolute atomic E-state index is 0.0485. The average Bonchev–Trinajstić information content (AvgIpc) is 3.27. The fraction of sp³-hybridized carbons (Fsp3) is 0.719. The van der Waals surface area contributed by atoms with Crippen LogP contribution in [0.3, 0.4) is 0 Å². The second kappa shape index (κ2) is 52.4. The molecule has 356 valence electrons. The highest BCUT2D eigenvalue weighted by Gasteiger charge is 2.17. The number of carbonyl (C=O) groups is 2. The number of carbonyl (C=O) groups excluding carboxylic acids is 2. The van der Waals surface area contributed by atoms with Crippen LogP contribution in [0, 0.1) is 0 Å². The van der Waals surface area contributed by atoms with E-state index in [0.717, 1.165) is 70.6 Å². The first-order valence-electron chi connectivity index (χ1n) is 26.1. The van der Waals surface area contributed by atoms with Crippen molar-refractivity contribution in [3.05, 3.63) is 85.1 Å². The van der Waals surface area contributed by atoms with Gasteiger partial charge in [0.25, 0.3) is 0 Å². The van der Waals surface area contributed by atoms with E-state index in [9.17, 15) is 9.59 Å². The van der Waals surface area contributed by atoms with Crippen molar-refractivity contribution in [2.75, 3.05) is 19.8 Å². The molecule has 0 radical (unpaired) electrons. The van der Waals surface area contributed by atoms with E-state index in [4.69, 9.17) is 14.2 Å². The summed E-state index contributed by atoms with van der Waals surface area (Å²) < 4.78 is 17.3. The number of allylic oxidation sites excluding steroid dienone is 14. The van der Waals surface area contributed by atoms with Crippen LogP contribution in [0.15, 0.2) is 85.1 Å². The molecule has 0 aromatic rings. The summed E-state index contributed by atoms with van der Waals surface area (Å²) in [5.74, 6) is -0.498. The van der Waals surface area contributed by atoms with Gasteiger partial charge in [-0.25, -0.2) is 0 Å². The molecule has 0 N–H and O–H groups in total. The minimum Gasteiger partial charge on any atom is -0.462 e. The SMILES string of the molecule is CC/C=C\C/C=C\C/C=C\C/C=C\CCC(=O)OC(COCCCCCCCC/C=C\C/C=C\CCC)COC(=O)CCCCCCCCCCC/C=C\CCCCCCCC. The van der Waals surface area contributed by atoms with Crippen molar-refractivity contribution in [1.29, 1.82) is 0 Å². The normalized spacial score (nSPS) is 12.9. The van der Waals surface area contributed by atoms with E-state index in [0.29, 0.717) is 25.9 Å². The van der Waals surface area contributed by atoms with Crippen molar-refractivity contribution < 1.29 is 23.8 Å². The van der Waals surface area contributed by atoms with Crippen LogP contribution in [-0.2, 0) is 23.8 Å². The lowest BCUT2D eigenvalue weighted by molar-refractivity contribution is -0.162. The molecule has 1 atom stereocenters. The highest BCUT2D eigenvalue weighted by atomic mass is 16.6. The predicted molar refractivity (Wildman–Crippen MR) is 270 cm³/mol. The van der Waals surface area contributed by atoms with Crippen LogP contribution in [0.5, 0.6) is 0 Å². The summed E-state index contributed by atoms with van der Waals surface area (Å²) in [5.41, 5.74) is 0. The van der Waals surface area contributed by atoms with Gasteiger partial charge in [-0.3, -0.25) is 9.59 Å². The number of hydrogen-bond acceptors (Lipinski definition) is 5. The molecule has 0 heterocycles. The van der Waals surface area contributed by atoms with E-state index in [-0.39, 0.29) is 25.2 Å². The van der Waals surface area contributed by atoms with Gasteiger partial charge < -0.3 is 14.2 Å². The molecule has 0 fully saturated rings. The highest BCUT2D eigenvalue weighted by Crippen LogP contribution is 2.14. The van der Waals surface area contributed by atoms with Gasteiger partial charge in [-0.05, 0) is 96.3 Å². The minimum atomic E-state index is -0.583. The smallest absolute Gasteiger partial charge is 0.306 e. The molecule has 0 saturated carbocycles. The van der Waals surface area contributed by atoms with Gasteiger partial charge in [0, 0.05) is 19.4 Å². The van der Waals surface area contributed by atoms with E-state index in [1.54, 1.807) is 0 Å². The van der Waals surface area contributed by atoms with Gasteiger partial charge >= 0.3 is 11.9 Å². The molecule has 5 heteroatoms. The molecule has 5 nitrogen and oxygen atoms in total. The molecule has 0 aliphatic carbocycles. The molecular formula is C57H98O5. The summed E-state index contributed by atoms with van der Waals surface area (Å²) in [5, 5.41) is 0. The molecule has 0 rings (SSSR count). The summed E-state index contributed by atoms with van der Waals surface area (Å²) in [6, 6.07) is 0. The van der Waals surface area contributed by atoms with Crippen molar-refractivity contribution in [3.8, 4) is 0 Å². The Morgan fingerprint density at radius 1 is 0.371 bits per heavy atom. The molecule has 0 aromatic carbocycles. The van der Waals surface area contributed by atoms with Crippen LogP contribution in [-0.4, -0.2) is 37.9 Å². The molecule has 0 aliphatic rings. The molecule has 0 amide bonds.